The molecule has 3 atom stereocenters. The molecule has 0 aromatic heterocycles. The summed E-state index contributed by atoms with van der Waals surface area (Å²) in [7, 11) is 0. The number of aliphatic hydroxyl groups excluding tert-OH is 2. The highest BCUT2D eigenvalue weighted by molar-refractivity contribution is 5.77. The summed E-state index contributed by atoms with van der Waals surface area (Å²) in [5.74, 6) is -0.528. The highest BCUT2D eigenvalue weighted by Gasteiger charge is 2.24. The highest BCUT2D eigenvalue weighted by Crippen LogP contribution is 2.17. The predicted molar refractivity (Wildman–Crippen MR) is 255 cm³/mol. The van der Waals surface area contributed by atoms with Gasteiger partial charge >= 0.3 is 5.97 Å². The van der Waals surface area contributed by atoms with E-state index in [1.165, 1.54) is 148 Å². The normalized spacial score (nSPS) is 13.5. The molecule has 3 N–H and O–H groups in total. The standard InChI is InChI=1S/C53H99NO5/c1-4-7-10-13-16-19-22-24-25-26-28-31-34-37-40-43-46-53(58)59-49(44-41-38-35-32-29-21-18-15-12-9-6-3)47-52(57)54-50(48-55)51(56)45-42-39-36-33-30-27-23-20-17-14-11-8-5-2/h25-26,28,31-32,35,49-51,55-56H,4-24,27,29-30,33-34,36-48H2,1-3H3,(H,54,57)/b26-25+,31-28+,35-32-. The summed E-state index contributed by atoms with van der Waals surface area (Å²) in [6.07, 6.45) is 54.9. The van der Waals surface area contributed by atoms with Crippen LogP contribution in [0.25, 0.3) is 0 Å². The van der Waals surface area contributed by atoms with Crippen LogP contribution in [-0.2, 0) is 14.3 Å². The van der Waals surface area contributed by atoms with Crippen molar-refractivity contribution < 1.29 is 24.5 Å². The number of hydrogen-bond acceptors (Lipinski definition) is 5. The molecule has 0 radical (unpaired) electrons. The third-order valence-corrected chi connectivity index (χ3v) is 11.7. The van der Waals surface area contributed by atoms with Crippen LogP contribution in [0.15, 0.2) is 36.5 Å². The van der Waals surface area contributed by atoms with Crippen LogP contribution < -0.4 is 5.32 Å². The summed E-state index contributed by atoms with van der Waals surface area (Å²) in [4.78, 5) is 26.1. The molecule has 0 aliphatic heterocycles. The van der Waals surface area contributed by atoms with E-state index in [2.05, 4.69) is 62.5 Å². The second kappa shape index (κ2) is 47.1. The Hall–Kier alpha value is -1.92. The lowest BCUT2D eigenvalue weighted by Crippen LogP contribution is -2.46. The first kappa shape index (κ1) is 57.1. The zero-order valence-electron chi connectivity index (χ0n) is 39.4. The van der Waals surface area contributed by atoms with Gasteiger partial charge in [0.15, 0.2) is 0 Å². The van der Waals surface area contributed by atoms with E-state index in [-0.39, 0.29) is 24.9 Å². The summed E-state index contributed by atoms with van der Waals surface area (Å²) >= 11 is 0. The fraction of sp³-hybridized carbons (Fsp3) is 0.849. The van der Waals surface area contributed by atoms with Gasteiger partial charge in [0.2, 0.25) is 5.91 Å². The molecular weight excluding hydrogens is 731 g/mol. The molecule has 0 rings (SSSR count). The molecule has 0 aromatic rings. The van der Waals surface area contributed by atoms with Crippen molar-refractivity contribution in [2.24, 2.45) is 0 Å². The number of esters is 1. The Labute approximate surface area is 366 Å². The number of nitrogens with one attached hydrogen (secondary N) is 1. The van der Waals surface area contributed by atoms with E-state index >= 15 is 0 Å². The van der Waals surface area contributed by atoms with Gasteiger partial charge in [0.1, 0.15) is 6.10 Å². The first-order chi connectivity index (χ1) is 29.0. The van der Waals surface area contributed by atoms with Crippen molar-refractivity contribution in [3.05, 3.63) is 36.5 Å². The van der Waals surface area contributed by atoms with Gasteiger partial charge in [0, 0.05) is 6.42 Å². The van der Waals surface area contributed by atoms with Crippen LogP contribution in [0.1, 0.15) is 265 Å². The van der Waals surface area contributed by atoms with Crippen LogP contribution in [0, 0.1) is 0 Å². The van der Waals surface area contributed by atoms with Gasteiger partial charge in [0.05, 0.1) is 25.2 Å². The minimum Gasteiger partial charge on any atom is -0.462 e. The molecule has 59 heavy (non-hydrogen) atoms. The second-order valence-electron chi connectivity index (χ2n) is 17.6. The van der Waals surface area contributed by atoms with E-state index < -0.39 is 18.2 Å². The van der Waals surface area contributed by atoms with E-state index in [0.717, 1.165) is 70.6 Å². The Morgan fingerprint density at radius 1 is 0.492 bits per heavy atom. The maximum Gasteiger partial charge on any atom is 0.306 e. The monoisotopic (exact) mass is 830 g/mol. The van der Waals surface area contributed by atoms with Gasteiger partial charge in [-0.2, -0.15) is 0 Å². The molecule has 0 saturated heterocycles. The van der Waals surface area contributed by atoms with E-state index in [1.54, 1.807) is 0 Å². The Balaban J connectivity index is 4.59. The molecule has 346 valence electrons. The molecule has 0 aliphatic carbocycles. The van der Waals surface area contributed by atoms with Gasteiger partial charge in [-0.25, -0.2) is 0 Å². The van der Waals surface area contributed by atoms with Crippen LogP contribution in [0.5, 0.6) is 0 Å². The van der Waals surface area contributed by atoms with Crippen molar-refractivity contribution in [1.29, 1.82) is 0 Å². The Morgan fingerprint density at radius 3 is 1.34 bits per heavy atom. The number of rotatable bonds is 46. The summed E-state index contributed by atoms with van der Waals surface area (Å²) < 4.78 is 5.89. The number of carbonyl (C=O) groups excluding carboxylic acids is 2. The maximum absolute atomic E-state index is 13.2. The number of allylic oxidation sites excluding steroid dienone is 6. The largest absolute Gasteiger partial charge is 0.462 e. The fourth-order valence-corrected chi connectivity index (χ4v) is 7.77. The quantitative estimate of drug-likeness (QED) is 0.0246. The molecule has 0 heterocycles. The van der Waals surface area contributed by atoms with Gasteiger partial charge in [-0.15, -0.1) is 0 Å². The van der Waals surface area contributed by atoms with Crippen molar-refractivity contribution in [2.75, 3.05) is 6.61 Å². The van der Waals surface area contributed by atoms with Gasteiger partial charge in [-0.05, 0) is 70.6 Å². The third-order valence-electron chi connectivity index (χ3n) is 11.7. The van der Waals surface area contributed by atoms with Crippen molar-refractivity contribution >= 4 is 11.9 Å². The molecule has 0 saturated carbocycles. The summed E-state index contributed by atoms with van der Waals surface area (Å²) in [5, 5.41) is 23.7. The van der Waals surface area contributed by atoms with Gasteiger partial charge in [-0.3, -0.25) is 9.59 Å². The Morgan fingerprint density at radius 2 is 0.881 bits per heavy atom. The summed E-state index contributed by atoms with van der Waals surface area (Å²) in [5.41, 5.74) is 0. The molecule has 3 unspecified atom stereocenters. The topological polar surface area (TPSA) is 95.9 Å². The van der Waals surface area contributed by atoms with Crippen LogP contribution in [0.3, 0.4) is 0 Å². The van der Waals surface area contributed by atoms with E-state index in [1.807, 2.05) is 0 Å². The van der Waals surface area contributed by atoms with Gasteiger partial charge in [-0.1, -0.05) is 218 Å². The van der Waals surface area contributed by atoms with Crippen molar-refractivity contribution in [3.8, 4) is 0 Å². The van der Waals surface area contributed by atoms with E-state index in [4.69, 9.17) is 4.74 Å². The second-order valence-corrected chi connectivity index (χ2v) is 17.6. The summed E-state index contributed by atoms with van der Waals surface area (Å²) in [6.45, 7) is 6.46. The average molecular weight is 830 g/mol. The minimum atomic E-state index is -0.796. The molecule has 0 aliphatic rings. The minimum absolute atomic E-state index is 0.0481. The molecule has 6 nitrogen and oxygen atoms in total. The van der Waals surface area contributed by atoms with Crippen molar-refractivity contribution in [3.63, 3.8) is 0 Å². The number of unbranched alkanes of at least 4 members (excludes halogenated alkanes) is 29. The fourth-order valence-electron chi connectivity index (χ4n) is 7.77. The SMILES string of the molecule is CCCCCCCC/C=C\CCCC(CC(=O)NC(CO)C(O)CCCCCCCCCCCCCCC)OC(=O)CCCCC/C=C/C=C/CCCCCCCCC. The van der Waals surface area contributed by atoms with E-state index in [0.29, 0.717) is 19.3 Å². The lowest BCUT2D eigenvalue weighted by atomic mass is 10.0. The Kier molecular flexibility index (Phi) is 45.6. The maximum atomic E-state index is 13.2. The number of amides is 1. The number of carbonyl (C=O) groups is 2. The molecule has 0 spiro atoms. The van der Waals surface area contributed by atoms with Gasteiger partial charge in [0.25, 0.3) is 0 Å². The van der Waals surface area contributed by atoms with Crippen LogP contribution in [0.2, 0.25) is 0 Å². The third kappa shape index (κ3) is 42.6. The molecule has 0 aromatic carbocycles. The van der Waals surface area contributed by atoms with Crippen LogP contribution >= 0.6 is 0 Å². The van der Waals surface area contributed by atoms with Crippen molar-refractivity contribution in [2.45, 2.75) is 283 Å². The number of hydrogen-bond donors (Lipinski definition) is 3. The Bertz CT molecular complexity index is 977. The lowest BCUT2D eigenvalue weighted by molar-refractivity contribution is -0.151. The summed E-state index contributed by atoms with van der Waals surface area (Å²) in [6, 6.07) is -0.712. The van der Waals surface area contributed by atoms with Crippen LogP contribution in [-0.4, -0.2) is 46.9 Å². The molecule has 0 bridgehead atoms. The molecule has 1 amide bonds. The zero-order valence-corrected chi connectivity index (χ0v) is 39.4. The van der Waals surface area contributed by atoms with Crippen LogP contribution in [0.4, 0.5) is 0 Å². The molecule has 6 heteroatoms. The predicted octanol–water partition coefficient (Wildman–Crippen LogP) is 15.3. The first-order valence-corrected chi connectivity index (χ1v) is 25.7. The smallest absolute Gasteiger partial charge is 0.306 e. The van der Waals surface area contributed by atoms with Crippen molar-refractivity contribution in [1.82, 2.24) is 5.32 Å². The first-order valence-electron chi connectivity index (χ1n) is 25.7. The zero-order chi connectivity index (χ0) is 43.1. The number of ether oxygens (including phenoxy) is 1. The highest BCUT2D eigenvalue weighted by atomic mass is 16.5. The lowest BCUT2D eigenvalue weighted by Gasteiger charge is -2.24. The average Bonchev–Trinajstić information content (AvgIpc) is 3.23. The molecular formula is C53H99NO5. The van der Waals surface area contributed by atoms with E-state index in [9.17, 15) is 19.8 Å². The van der Waals surface area contributed by atoms with Gasteiger partial charge < -0.3 is 20.3 Å². The number of aliphatic hydroxyl groups is 2. The molecule has 0 fully saturated rings.